The molecular weight excluding hydrogens is 234 g/mol. The van der Waals surface area contributed by atoms with Crippen molar-refractivity contribution in [2.45, 2.75) is 32.2 Å². The third-order valence-electron chi connectivity index (χ3n) is 2.65. The Morgan fingerprint density at radius 2 is 2.29 bits per heavy atom. The highest BCUT2D eigenvalue weighted by Gasteiger charge is 2.08. The molecule has 0 fully saturated rings. The first-order valence-electron chi connectivity index (χ1n) is 5.87. The Hall–Kier alpha value is -1.24. The second-order valence-corrected chi connectivity index (χ2v) is 4.43. The molecule has 0 saturated carbocycles. The van der Waals surface area contributed by atoms with Crippen LogP contribution in [0.5, 0.6) is 0 Å². The molecule has 0 saturated heterocycles. The maximum atomic E-state index is 8.75. The van der Waals surface area contributed by atoms with Crippen molar-refractivity contribution >= 4 is 17.3 Å². The van der Waals surface area contributed by atoms with E-state index in [4.69, 9.17) is 22.6 Å². The Kier molecular flexibility index (Phi) is 5.82. The summed E-state index contributed by atoms with van der Waals surface area (Å²) in [6, 6.07) is 7.54. The summed E-state index contributed by atoms with van der Waals surface area (Å²) in [5, 5.41) is 12.6. The highest BCUT2D eigenvalue weighted by atomic mass is 35.5. The summed E-state index contributed by atoms with van der Waals surface area (Å²) in [6.07, 6.45) is 3.32. The average molecular weight is 252 g/mol. The lowest BCUT2D eigenvalue weighted by Gasteiger charge is -2.18. The number of unbranched alkanes of at least 4 members (excludes halogenated alkanes) is 1. The van der Waals surface area contributed by atoms with Crippen LogP contribution < -0.4 is 11.1 Å². The van der Waals surface area contributed by atoms with Gasteiger partial charge in [-0.25, -0.2) is 0 Å². The Balaban J connectivity index is 2.69. The molecule has 0 heterocycles. The van der Waals surface area contributed by atoms with Gasteiger partial charge in [0.25, 0.3) is 0 Å². The highest BCUT2D eigenvalue weighted by Crippen LogP contribution is 2.24. The number of anilines is 1. The fourth-order valence-electron chi connectivity index (χ4n) is 1.62. The van der Waals surface area contributed by atoms with Gasteiger partial charge in [0, 0.05) is 12.6 Å². The Bertz CT molecular complexity index is 398. The molecule has 1 unspecified atom stereocenters. The quantitative estimate of drug-likeness (QED) is 0.817. The summed E-state index contributed by atoms with van der Waals surface area (Å²) in [5.41, 5.74) is 7.12. The van der Waals surface area contributed by atoms with E-state index in [1.165, 1.54) is 0 Å². The summed E-state index contributed by atoms with van der Waals surface area (Å²) in [7, 11) is 0. The van der Waals surface area contributed by atoms with Gasteiger partial charge >= 0.3 is 0 Å². The number of hydrogen-bond donors (Lipinski definition) is 2. The maximum Gasteiger partial charge on any atom is 0.0992 e. The minimum Gasteiger partial charge on any atom is -0.380 e. The Morgan fingerprint density at radius 3 is 2.82 bits per heavy atom. The minimum atomic E-state index is 0.236. The second-order valence-electron chi connectivity index (χ2n) is 4.03. The molecule has 1 rings (SSSR count). The standard InChI is InChI=1S/C13H18ClN3/c1-2-3-4-11(9-16)17-13-6-5-10(8-15)7-12(13)14/h5-7,11,17H,2-4,9,16H2,1H3. The molecular formula is C13H18ClN3. The number of halogens is 1. The molecule has 4 heteroatoms. The molecule has 0 aliphatic heterocycles. The average Bonchev–Trinajstić information content (AvgIpc) is 2.36. The number of nitrogens with one attached hydrogen (secondary N) is 1. The first kappa shape index (κ1) is 13.8. The molecule has 0 aliphatic carbocycles. The van der Waals surface area contributed by atoms with Crippen LogP contribution in [0, 0.1) is 11.3 Å². The fraction of sp³-hybridized carbons (Fsp3) is 0.462. The predicted molar refractivity (Wildman–Crippen MR) is 72.2 cm³/mol. The molecule has 3 nitrogen and oxygen atoms in total. The number of hydrogen-bond acceptors (Lipinski definition) is 3. The van der Waals surface area contributed by atoms with Crippen LogP contribution in [0.1, 0.15) is 31.7 Å². The van der Waals surface area contributed by atoms with E-state index in [1.807, 2.05) is 6.07 Å². The SMILES string of the molecule is CCCCC(CN)Nc1ccc(C#N)cc1Cl. The topological polar surface area (TPSA) is 61.8 Å². The highest BCUT2D eigenvalue weighted by molar-refractivity contribution is 6.33. The van der Waals surface area contributed by atoms with Gasteiger partial charge in [-0.2, -0.15) is 5.26 Å². The first-order valence-corrected chi connectivity index (χ1v) is 6.25. The monoisotopic (exact) mass is 251 g/mol. The number of nitriles is 1. The van der Waals surface area contributed by atoms with Crippen LogP contribution in [0.25, 0.3) is 0 Å². The number of nitrogens with zero attached hydrogens (tertiary/aromatic N) is 1. The fourth-order valence-corrected chi connectivity index (χ4v) is 1.86. The van der Waals surface area contributed by atoms with E-state index in [1.54, 1.807) is 12.1 Å². The van der Waals surface area contributed by atoms with E-state index in [0.717, 1.165) is 24.9 Å². The Labute approximate surface area is 108 Å². The molecule has 0 radical (unpaired) electrons. The van der Waals surface area contributed by atoms with Crippen molar-refractivity contribution in [3.8, 4) is 6.07 Å². The zero-order valence-corrected chi connectivity index (χ0v) is 10.8. The smallest absolute Gasteiger partial charge is 0.0992 e. The summed E-state index contributed by atoms with van der Waals surface area (Å²) in [6.45, 7) is 2.73. The molecule has 0 aliphatic rings. The molecule has 1 aromatic rings. The van der Waals surface area contributed by atoms with Crippen LogP contribution in [0.15, 0.2) is 18.2 Å². The number of rotatable bonds is 6. The lowest BCUT2D eigenvalue weighted by molar-refractivity contribution is 0.614. The van der Waals surface area contributed by atoms with Crippen LogP contribution in [-0.4, -0.2) is 12.6 Å². The van der Waals surface area contributed by atoms with Gasteiger partial charge < -0.3 is 11.1 Å². The van der Waals surface area contributed by atoms with Crippen LogP contribution in [-0.2, 0) is 0 Å². The van der Waals surface area contributed by atoms with E-state index in [-0.39, 0.29) is 6.04 Å². The summed E-state index contributed by atoms with van der Waals surface area (Å²) >= 11 is 6.09. The maximum absolute atomic E-state index is 8.75. The van der Waals surface area contributed by atoms with Crippen LogP contribution in [0.3, 0.4) is 0 Å². The third kappa shape index (κ3) is 4.26. The summed E-state index contributed by atoms with van der Waals surface area (Å²) in [4.78, 5) is 0. The summed E-state index contributed by atoms with van der Waals surface area (Å²) < 4.78 is 0. The van der Waals surface area contributed by atoms with Crippen molar-refractivity contribution in [2.75, 3.05) is 11.9 Å². The predicted octanol–water partition coefficient (Wildman–Crippen LogP) is 3.14. The van der Waals surface area contributed by atoms with Gasteiger partial charge in [0.15, 0.2) is 0 Å². The molecule has 17 heavy (non-hydrogen) atoms. The van der Waals surface area contributed by atoms with Gasteiger partial charge in [-0.3, -0.25) is 0 Å². The van der Waals surface area contributed by atoms with Crippen LogP contribution in [0.2, 0.25) is 5.02 Å². The third-order valence-corrected chi connectivity index (χ3v) is 2.96. The lowest BCUT2D eigenvalue weighted by atomic mass is 10.1. The van der Waals surface area contributed by atoms with E-state index in [9.17, 15) is 0 Å². The van der Waals surface area contributed by atoms with E-state index >= 15 is 0 Å². The van der Waals surface area contributed by atoms with E-state index in [0.29, 0.717) is 17.1 Å². The normalized spacial score (nSPS) is 11.9. The molecule has 1 atom stereocenters. The first-order chi connectivity index (χ1) is 8.21. The van der Waals surface area contributed by atoms with Gasteiger partial charge in [0.2, 0.25) is 0 Å². The van der Waals surface area contributed by atoms with Gasteiger partial charge in [-0.15, -0.1) is 0 Å². The molecule has 0 amide bonds. The van der Waals surface area contributed by atoms with Crippen molar-refractivity contribution in [3.05, 3.63) is 28.8 Å². The van der Waals surface area contributed by atoms with Gasteiger partial charge in [0.1, 0.15) is 0 Å². The molecule has 0 spiro atoms. The minimum absolute atomic E-state index is 0.236. The van der Waals surface area contributed by atoms with Crippen LogP contribution in [0.4, 0.5) is 5.69 Å². The zero-order valence-electron chi connectivity index (χ0n) is 10.0. The van der Waals surface area contributed by atoms with Crippen molar-refractivity contribution in [3.63, 3.8) is 0 Å². The molecule has 1 aromatic carbocycles. The van der Waals surface area contributed by atoms with Crippen LogP contribution >= 0.6 is 11.6 Å². The molecule has 0 aromatic heterocycles. The second kappa shape index (κ2) is 7.16. The van der Waals surface area contributed by atoms with Gasteiger partial charge in [-0.1, -0.05) is 31.4 Å². The number of nitrogens with two attached hydrogens (primary N) is 1. The van der Waals surface area contributed by atoms with Gasteiger partial charge in [0.05, 0.1) is 22.3 Å². The lowest BCUT2D eigenvalue weighted by Crippen LogP contribution is -2.28. The molecule has 0 bridgehead atoms. The van der Waals surface area contributed by atoms with Crippen molar-refractivity contribution < 1.29 is 0 Å². The van der Waals surface area contributed by atoms with Crippen molar-refractivity contribution in [2.24, 2.45) is 5.73 Å². The number of benzene rings is 1. The Morgan fingerprint density at radius 1 is 1.53 bits per heavy atom. The van der Waals surface area contributed by atoms with Gasteiger partial charge in [-0.05, 0) is 24.6 Å². The zero-order chi connectivity index (χ0) is 12.7. The summed E-state index contributed by atoms with van der Waals surface area (Å²) in [5.74, 6) is 0. The largest absolute Gasteiger partial charge is 0.380 e. The van der Waals surface area contributed by atoms with Crippen molar-refractivity contribution in [1.29, 1.82) is 5.26 Å². The molecule has 3 N–H and O–H groups in total. The van der Waals surface area contributed by atoms with E-state index < -0.39 is 0 Å². The van der Waals surface area contributed by atoms with E-state index in [2.05, 4.69) is 18.3 Å². The van der Waals surface area contributed by atoms with Crippen molar-refractivity contribution in [1.82, 2.24) is 0 Å². The molecule has 92 valence electrons.